The summed E-state index contributed by atoms with van der Waals surface area (Å²) in [6, 6.07) is 0.707. The Morgan fingerprint density at radius 2 is 1.95 bits per heavy atom. The van der Waals surface area contributed by atoms with Crippen LogP contribution in [0.2, 0.25) is 0 Å². The van der Waals surface area contributed by atoms with Gasteiger partial charge in [0.05, 0.1) is 5.60 Å². The van der Waals surface area contributed by atoms with Gasteiger partial charge in [0.1, 0.15) is 5.69 Å². The average molecular weight is 323 g/mol. The molecule has 1 aromatic heterocycles. The van der Waals surface area contributed by atoms with Crippen molar-refractivity contribution in [3.8, 4) is 0 Å². The van der Waals surface area contributed by atoms with Crippen LogP contribution in [0.3, 0.4) is 0 Å². The molecule has 2 aliphatic heterocycles. The van der Waals surface area contributed by atoms with E-state index < -0.39 is 5.60 Å². The Morgan fingerprint density at radius 3 is 2.50 bits per heavy atom. The van der Waals surface area contributed by atoms with Crippen LogP contribution in [-0.4, -0.2) is 51.0 Å². The molecule has 2 bridgehead atoms. The second-order valence-electron chi connectivity index (χ2n) is 6.71. The Labute approximate surface area is 133 Å². The molecule has 1 aromatic rings. The van der Waals surface area contributed by atoms with Crippen molar-refractivity contribution in [2.75, 3.05) is 6.54 Å². The summed E-state index contributed by atoms with van der Waals surface area (Å²) in [7, 11) is 0. The number of hydrogen-bond donors (Lipinski definition) is 2. The first-order valence-corrected chi connectivity index (χ1v) is 8.52. The predicted molar refractivity (Wildman–Crippen MR) is 83.0 cm³/mol. The lowest BCUT2D eigenvalue weighted by Gasteiger charge is -2.20. The number of aromatic nitrogens is 1. The van der Waals surface area contributed by atoms with E-state index in [9.17, 15) is 14.7 Å². The largest absolute Gasteiger partial charge is 0.389 e. The number of thiazole rings is 1. The van der Waals surface area contributed by atoms with Crippen LogP contribution >= 0.6 is 11.3 Å². The highest BCUT2D eigenvalue weighted by Gasteiger charge is 2.43. The molecule has 2 N–H and O–H groups in total. The first-order valence-electron chi connectivity index (χ1n) is 7.64. The number of fused-ring (bicyclic) bond motifs is 2. The van der Waals surface area contributed by atoms with Gasteiger partial charge in [-0.25, -0.2) is 4.98 Å². The molecule has 0 aromatic carbocycles. The SMILES string of the molecule is CC(C)(O)CNC(=O)c1nc(C(=O)N2[C@H]3CC[C@@H]2CC3)cs1. The summed E-state index contributed by atoms with van der Waals surface area (Å²) in [6.07, 6.45) is 4.33. The lowest BCUT2D eigenvalue weighted by atomic mass is 10.0. The van der Waals surface area contributed by atoms with Crippen molar-refractivity contribution in [2.45, 2.75) is 57.2 Å². The Balaban J connectivity index is 1.66. The van der Waals surface area contributed by atoms with Crippen molar-refractivity contribution in [3.63, 3.8) is 0 Å². The molecule has 0 aliphatic carbocycles. The van der Waals surface area contributed by atoms with Gasteiger partial charge in [0.15, 0.2) is 5.01 Å². The Kier molecular flexibility index (Phi) is 3.94. The van der Waals surface area contributed by atoms with Crippen molar-refractivity contribution >= 4 is 23.2 Å². The van der Waals surface area contributed by atoms with E-state index in [0.717, 1.165) is 25.7 Å². The van der Waals surface area contributed by atoms with Gasteiger partial charge in [0.2, 0.25) is 0 Å². The molecule has 0 spiro atoms. The van der Waals surface area contributed by atoms with E-state index in [4.69, 9.17) is 0 Å². The maximum Gasteiger partial charge on any atom is 0.280 e. The molecule has 0 unspecified atom stereocenters. The first-order chi connectivity index (χ1) is 10.3. The number of amides is 2. The van der Waals surface area contributed by atoms with Crippen LogP contribution < -0.4 is 5.32 Å². The number of rotatable bonds is 4. The fraction of sp³-hybridized carbons (Fsp3) is 0.667. The molecule has 120 valence electrons. The number of nitrogens with one attached hydrogen (secondary N) is 1. The minimum Gasteiger partial charge on any atom is -0.389 e. The highest BCUT2D eigenvalue weighted by molar-refractivity contribution is 7.11. The minimum absolute atomic E-state index is 0.0530. The fourth-order valence-corrected chi connectivity index (χ4v) is 3.93. The lowest BCUT2D eigenvalue weighted by Crippen LogP contribution is -2.38. The molecule has 2 fully saturated rings. The third-order valence-electron chi connectivity index (χ3n) is 4.29. The molecular formula is C15H21N3O3S. The van der Waals surface area contributed by atoms with Gasteiger partial charge in [0.25, 0.3) is 11.8 Å². The van der Waals surface area contributed by atoms with E-state index in [0.29, 0.717) is 17.8 Å². The standard InChI is InChI=1S/C15H21N3O3S/c1-15(2,21)8-16-12(19)13-17-11(7-22-13)14(20)18-9-3-4-10(18)6-5-9/h7,9-10,21H,3-6,8H2,1-2H3,(H,16,19)/t9-,10+. The van der Waals surface area contributed by atoms with E-state index in [1.54, 1.807) is 19.2 Å². The van der Waals surface area contributed by atoms with Gasteiger partial charge >= 0.3 is 0 Å². The molecular weight excluding hydrogens is 302 g/mol. The number of aliphatic hydroxyl groups is 1. The summed E-state index contributed by atoms with van der Waals surface area (Å²) in [4.78, 5) is 30.7. The van der Waals surface area contributed by atoms with Crippen molar-refractivity contribution in [1.82, 2.24) is 15.2 Å². The van der Waals surface area contributed by atoms with Crippen molar-refractivity contribution in [1.29, 1.82) is 0 Å². The Bertz CT molecular complexity index is 573. The van der Waals surface area contributed by atoms with E-state index >= 15 is 0 Å². The van der Waals surface area contributed by atoms with E-state index in [-0.39, 0.29) is 23.4 Å². The minimum atomic E-state index is -0.972. The van der Waals surface area contributed by atoms with Crippen LogP contribution in [-0.2, 0) is 0 Å². The quantitative estimate of drug-likeness (QED) is 0.878. The highest BCUT2D eigenvalue weighted by atomic mass is 32.1. The second-order valence-corrected chi connectivity index (χ2v) is 7.57. The normalized spacial score (nSPS) is 23.9. The van der Waals surface area contributed by atoms with E-state index in [1.165, 1.54) is 11.3 Å². The van der Waals surface area contributed by atoms with Crippen LogP contribution in [0, 0.1) is 0 Å². The van der Waals surface area contributed by atoms with Gasteiger partial charge in [-0.1, -0.05) is 0 Å². The maximum atomic E-state index is 12.6. The summed E-state index contributed by atoms with van der Waals surface area (Å²) >= 11 is 1.17. The first kappa shape index (κ1) is 15.4. The topological polar surface area (TPSA) is 82.5 Å². The third-order valence-corrected chi connectivity index (χ3v) is 5.13. The van der Waals surface area contributed by atoms with Crippen LogP contribution in [0.4, 0.5) is 0 Å². The zero-order valence-electron chi connectivity index (χ0n) is 12.8. The second kappa shape index (κ2) is 5.62. The monoisotopic (exact) mass is 323 g/mol. The predicted octanol–water partition coefficient (Wildman–Crippen LogP) is 1.41. The van der Waals surface area contributed by atoms with Gasteiger partial charge in [-0.05, 0) is 39.5 Å². The molecule has 3 rings (SSSR count). The molecule has 2 saturated heterocycles. The Morgan fingerprint density at radius 1 is 1.36 bits per heavy atom. The van der Waals surface area contributed by atoms with E-state index in [1.807, 2.05) is 4.90 Å². The smallest absolute Gasteiger partial charge is 0.280 e. The maximum absolute atomic E-state index is 12.6. The number of hydrogen-bond acceptors (Lipinski definition) is 5. The van der Waals surface area contributed by atoms with Gasteiger partial charge in [-0.3, -0.25) is 9.59 Å². The third kappa shape index (κ3) is 3.01. The summed E-state index contributed by atoms with van der Waals surface area (Å²) < 4.78 is 0. The Hall–Kier alpha value is -1.47. The fourth-order valence-electron chi connectivity index (χ4n) is 3.23. The molecule has 0 saturated carbocycles. The van der Waals surface area contributed by atoms with Crippen molar-refractivity contribution in [3.05, 3.63) is 16.1 Å². The zero-order valence-corrected chi connectivity index (χ0v) is 13.7. The van der Waals surface area contributed by atoms with E-state index in [2.05, 4.69) is 10.3 Å². The zero-order chi connectivity index (χ0) is 15.9. The highest BCUT2D eigenvalue weighted by Crippen LogP contribution is 2.38. The molecule has 2 aliphatic rings. The molecule has 0 atom stereocenters. The molecule has 0 radical (unpaired) electrons. The molecule has 3 heterocycles. The van der Waals surface area contributed by atoms with Crippen molar-refractivity contribution in [2.24, 2.45) is 0 Å². The average Bonchev–Trinajstić information content (AvgIpc) is 3.18. The van der Waals surface area contributed by atoms with Crippen LogP contribution in [0.15, 0.2) is 5.38 Å². The molecule has 2 amide bonds. The summed E-state index contributed by atoms with van der Waals surface area (Å²) in [5.74, 6) is -0.404. The molecule has 7 heteroatoms. The van der Waals surface area contributed by atoms with Gasteiger partial charge < -0.3 is 15.3 Å². The van der Waals surface area contributed by atoms with Gasteiger partial charge in [-0.15, -0.1) is 11.3 Å². The number of nitrogens with zero attached hydrogens (tertiary/aromatic N) is 2. The summed E-state index contributed by atoms with van der Waals surface area (Å²) in [6.45, 7) is 3.38. The number of carbonyl (C=O) groups is 2. The van der Waals surface area contributed by atoms with Crippen LogP contribution in [0.25, 0.3) is 0 Å². The van der Waals surface area contributed by atoms with Crippen LogP contribution in [0.1, 0.15) is 59.8 Å². The summed E-state index contributed by atoms with van der Waals surface area (Å²) in [5, 5.41) is 14.2. The number of carbonyl (C=O) groups excluding carboxylic acids is 2. The summed E-state index contributed by atoms with van der Waals surface area (Å²) in [5.41, 5.74) is -0.613. The molecule has 6 nitrogen and oxygen atoms in total. The van der Waals surface area contributed by atoms with Gasteiger partial charge in [-0.2, -0.15) is 0 Å². The lowest BCUT2D eigenvalue weighted by molar-refractivity contribution is 0.0692. The van der Waals surface area contributed by atoms with Crippen molar-refractivity contribution < 1.29 is 14.7 Å². The van der Waals surface area contributed by atoms with Crippen LogP contribution in [0.5, 0.6) is 0 Å². The molecule has 22 heavy (non-hydrogen) atoms. The van der Waals surface area contributed by atoms with Gasteiger partial charge in [0, 0.05) is 24.0 Å².